The molecule has 0 aliphatic heterocycles. The van der Waals surface area contributed by atoms with E-state index in [2.05, 4.69) is 5.32 Å². The Kier molecular flexibility index (Phi) is 4.78. The zero-order valence-corrected chi connectivity index (χ0v) is 11.7. The van der Waals surface area contributed by atoms with Crippen molar-refractivity contribution >= 4 is 11.9 Å². The van der Waals surface area contributed by atoms with Crippen molar-refractivity contribution in [1.82, 2.24) is 5.32 Å². The van der Waals surface area contributed by atoms with Gasteiger partial charge in [0, 0.05) is 12.0 Å². The topological polar surface area (TPSA) is 66.4 Å². The van der Waals surface area contributed by atoms with E-state index in [9.17, 15) is 22.8 Å². The van der Waals surface area contributed by atoms with Crippen molar-refractivity contribution < 1.29 is 27.9 Å². The van der Waals surface area contributed by atoms with Crippen molar-refractivity contribution in [2.75, 3.05) is 0 Å². The largest absolute Gasteiger partial charge is 0.481 e. The van der Waals surface area contributed by atoms with Gasteiger partial charge in [-0.25, -0.2) is 0 Å². The van der Waals surface area contributed by atoms with Crippen LogP contribution in [-0.4, -0.2) is 29.2 Å². The number of nitrogens with one attached hydrogen (secondary N) is 1. The number of hydrogen-bond acceptors (Lipinski definition) is 2. The van der Waals surface area contributed by atoms with Gasteiger partial charge in [0.2, 0.25) is 5.91 Å². The summed E-state index contributed by atoms with van der Waals surface area (Å²) in [5.41, 5.74) is 0. The van der Waals surface area contributed by atoms with Crippen LogP contribution < -0.4 is 5.32 Å². The molecule has 2 aliphatic carbocycles. The van der Waals surface area contributed by atoms with Gasteiger partial charge in [-0.2, -0.15) is 13.2 Å². The highest BCUT2D eigenvalue weighted by Gasteiger charge is 2.46. The predicted molar refractivity (Wildman–Crippen MR) is 68.4 cm³/mol. The van der Waals surface area contributed by atoms with Crippen LogP contribution in [0.25, 0.3) is 0 Å². The van der Waals surface area contributed by atoms with E-state index in [-0.39, 0.29) is 12.8 Å². The maximum Gasteiger partial charge on any atom is 0.393 e. The van der Waals surface area contributed by atoms with E-state index in [1.807, 2.05) is 0 Å². The lowest BCUT2D eigenvalue weighted by Crippen LogP contribution is -2.49. The first-order valence-electron chi connectivity index (χ1n) is 7.39. The zero-order valence-electron chi connectivity index (χ0n) is 11.7. The summed E-state index contributed by atoms with van der Waals surface area (Å²) >= 11 is 0. The lowest BCUT2D eigenvalue weighted by molar-refractivity contribution is -0.189. The minimum atomic E-state index is -4.29. The monoisotopic (exact) mass is 307 g/mol. The van der Waals surface area contributed by atoms with E-state index >= 15 is 0 Å². The molecule has 2 N–H and O–H groups in total. The number of carbonyl (C=O) groups is 2. The normalized spacial score (nSPS) is 33.7. The molecule has 0 spiro atoms. The van der Waals surface area contributed by atoms with Crippen LogP contribution in [-0.2, 0) is 9.59 Å². The van der Waals surface area contributed by atoms with Gasteiger partial charge in [-0.05, 0) is 32.1 Å². The molecule has 2 fully saturated rings. The van der Waals surface area contributed by atoms with Crippen molar-refractivity contribution in [1.29, 1.82) is 0 Å². The molecule has 2 saturated carbocycles. The number of aliphatic carboxylic acids is 1. The van der Waals surface area contributed by atoms with E-state index in [1.165, 1.54) is 0 Å². The zero-order chi connectivity index (χ0) is 15.6. The fourth-order valence-electron chi connectivity index (χ4n) is 3.44. The first-order valence-corrected chi connectivity index (χ1v) is 7.39. The second-order valence-electron chi connectivity index (χ2n) is 6.09. The Morgan fingerprint density at radius 2 is 1.62 bits per heavy atom. The van der Waals surface area contributed by atoms with Crippen LogP contribution in [0.5, 0.6) is 0 Å². The van der Waals surface area contributed by atoms with E-state index in [1.54, 1.807) is 0 Å². The molecule has 0 heterocycles. The highest BCUT2D eigenvalue weighted by atomic mass is 19.4. The molecule has 2 rings (SSSR count). The molecule has 0 aromatic carbocycles. The number of rotatable bonds is 3. The van der Waals surface area contributed by atoms with Gasteiger partial charge in [0.1, 0.15) is 0 Å². The minimum absolute atomic E-state index is 0.0524. The van der Waals surface area contributed by atoms with Crippen molar-refractivity contribution in [3.8, 4) is 0 Å². The summed E-state index contributed by atoms with van der Waals surface area (Å²) in [5.74, 6) is -3.85. The van der Waals surface area contributed by atoms with Crippen LogP contribution >= 0.6 is 0 Å². The predicted octanol–water partition coefficient (Wildman–Crippen LogP) is 2.72. The molecule has 2 aliphatic rings. The number of hydrogen-bond donors (Lipinski definition) is 2. The van der Waals surface area contributed by atoms with Crippen molar-refractivity contribution in [3.05, 3.63) is 0 Å². The van der Waals surface area contributed by atoms with Gasteiger partial charge in [-0.15, -0.1) is 0 Å². The average Bonchev–Trinajstić information content (AvgIpc) is 2.88. The fourth-order valence-corrected chi connectivity index (χ4v) is 3.44. The van der Waals surface area contributed by atoms with Gasteiger partial charge >= 0.3 is 12.1 Å². The summed E-state index contributed by atoms with van der Waals surface area (Å²) in [4.78, 5) is 22.9. The molecule has 0 saturated heterocycles. The number of alkyl halides is 3. The SMILES string of the molecule is O=C(O)C1CCC(C(=O)NC2CCCCC2C(F)(F)F)C1. The molecule has 120 valence electrons. The summed E-state index contributed by atoms with van der Waals surface area (Å²) in [6, 6.07) is -0.866. The van der Waals surface area contributed by atoms with Gasteiger partial charge < -0.3 is 10.4 Å². The molecule has 7 heteroatoms. The Morgan fingerprint density at radius 3 is 2.19 bits per heavy atom. The van der Waals surface area contributed by atoms with E-state index in [0.29, 0.717) is 32.1 Å². The van der Waals surface area contributed by atoms with Crippen LogP contribution in [0.1, 0.15) is 44.9 Å². The van der Waals surface area contributed by atoms with Gasteiger partial charge in [0.25, 0.3) is 0 Å². The Balaban J connectivity index is 1.93. The second-order valence-corrected chi connectivity index (χ2v) is 6.09. The Bertz CT molecular complexity index is 411. The highest BCUT2D eigenvalue weighted by molar-refractivity contribution is 5.81. The van der Waals surface area contributed by atoms with Gasteiger partial charge in [-0.1, -0.05) is 12.8 Å². The summed E-state index contributed by atoms with van der Waals surface area (Å²) in [5, 5.41) is 11.4. The molecule has 21 heavy (non-hydrogen) atoms. The number of carboxylic acids is 1. The molecule has 1 amide bonds. The molecule has 4 unspecified atom stereocenters. The second kappa shape index (κ2) is 6.23. The summed E-state index contributed by atoms with van der Waals surface area (Å²) < 4.78 is 38.9. The Hall–Kier alpha value is -1.27. The van der Waals surface area contributed by atoms with Gasteiger partial charge in [0.05, 0.1) is 11.8 Å². The third-order valence-electron chi connectivity index (χ3n) is 4.67. The van der Waals surface area contributed by atoms with E-state index in [4.69, 9.17) is 5.11 Å². The van der Waals surface area contributed by atoms with Crippen LogP contribution in [0.4, 0.5) is 13.2 Å². The summed E-state index contributed by atoms with van der Waals surface area (Å²) in [6.45, 7) is 0. The Labute approximate surface area is 121 Å². The van der Waals surface area contributed by atoms with Crippen LogP contribution in [0.2, 0.25) is 0 Å². The third-order valence-corrected chi connectivity index (χ3v) is 4.67. The van der Waals surface area contributed by atoms with E-state index < -0.39 is 41.8 Å². The summed E-state index contributed by atoms with van der Waals surface area (Å²) in [6.07, 6.45) is -1.61. The summed E-state index contributed by atoms with van der Waals surface area (Å²) in [7, 11) is 0. The molecule has 0 bridgehead atoms. The maximum atomic E-state index is 13.0. The van der Waals surface area contributed by atoms with Crippen molar-refractivity contribution in [2.24, 2.45) is 17.8 Å². The standard InChI is InChI=1S/C14H20F3NO3/c15-14(16,17)10-3-1-2-4-11(10)18-12(19)8-5-6-9(7-8)13(20)21/h8-11H,1-7H2,(H,18,19)(H,20,21). The smallest absolute Gasteiger partial charge is 0.393 e. The van der Waals surface area contributed by atoms with Crippen LogP contribution in [0.3, 0.4) is 0 Å². The molecule has 0 aromatic rings. The first kappa shape index (κ1) is 16.1. The van der Waals surface area contributed by atoms with Crippen molar-refractivity contribution in [2.45, 2.75) is 57.2 Å². The fraction of sp³-hybridized carbons (Fsp3) is 0.857. The van der Waals surface area contributed by atoms with Crippen LogP contribution in [0, 0.1) is 17.8 Å². The van der Waals surface area contributed by atoms with Crippen LogP contribution in [0.15, 0.2) is 0 Å². The van der Waals surface area contributed by atoms with Crippen molar-refractivity contribution in [3.63, 3.8) is 0 Å². The number of amides is 1. The number of carbonyl (C=O) groups excluding carboxylic acids is 1. The molecule has 0 radical (unpaired) electrons. The molecule has 4 atom stereocenters. The number of carboxylic acid groups (broad SMARTS) is 1. The molecular weight excluding hydrogens is 287 g/mol. The lowest BCUT2D eigenvalue weighted by atomic mass is 9.83. The third kappa shape index (κ3) is 3.89. The number of halogens is 3. The first-order chi connectivity index (χ1) is 9.79. The molecule has 4 nitrogen and oxygen atoms in total. The van der Waals surface area contributed by atoms with Gasteiger partial charge in [0.15, 0.2) is 0 Å². The quantitative estimate of drug-likeness (QED) is 0.842. The lowest BCUT2D eigenvalue weighted by Gasteiger charge is -2.34. The Morgan fingerprint density at radius 1 is 1.00 bits per heavy atom. The average molecular weight is 307 g/mol. The van der Waals surface area contributed by atoms with E-state index in [0.717, 1.165) is 0 Å². The minimum Gasteiger partial charge on any atom is -0.481 e. The molecule has 0 aromatic heterocycles. The molecular formula is C14H20F3NO3. The van der Waals surface area contributed by atoms with Gasteiger partial charge in [-0.3, -0.25) is 9.59 Å². The maximum absolute atomic E-state index is 13.0. The highest BCUT2D eigenvalue weighted by Crippen LogP contribution is 2.38.